The molecule has 3 atom stereocenters. The van der Waals surface area contributed by atoms with Gasteiger partial charge in [-0.2, -0.15) is 10.2 Å². The summed E-state index contributed by atoms with van der Waals surface area (Å²) in [5, 5.41) is 18.2. The number of carbonyl (C=O) groups excluding carboxylic acids is 1. The van der Waals surface area contributed by atoms with E-state index in [1.165, 1.54) is 21.7 Å². The molecule has 0 unspecified atom stereocenters. The van der Waals surface area contributed by atoms with Crippen LogP contribution in [0.25, 0.3) is 21.5 Å². The Morgan fingerprint density at radius 3 is 2.00 bits per heavy atom. The predicted molar refractivity (Wildman–Crippen MR) is 140 cm³/mol. The van der Waals surface area contributed by atoms with Crippen LogP contribution < -0.4 is 0 Å². The molecule has 1 amide bonds. The Kier molecular flexibility index (Phi) is 4.53. The number of hydrogen-bond acceptors (Lipinski definition) is 4. The number of hydrogen-bond donors (Lipinski definition) is 0. The van der Waals surface area contributed by atoms with Crippen molar-refractivity contribution >= 4 is 39.9 Å². The second-order valence-electron chi connectivity index (χ2n) is 9.78. The minimum Gasteiger partial charge on any atom is -0.272 e. The highest BCUT2D eigenvalue weighted by atomic mass is 16.2. The molecule has 4 aromatic carbocycles. The molecule has 0 aromatic heterocycles. The molecule has 0 saturated carbocycles. The lowest BCUT2D eigenvalue weighted by Crippen LogP contribution is -2.55. The number of nitrogens with zero attached hydrogens (tertiary/aromatic N) is 4. The zero-order valence-electron chi connectivity index (χ0n) is 19.6. The fourth-order valence-corrected chi connectivity index (χ4v) is 5.98. The number of fused-ring (bicyclic) bond motifs is 9. The minimum atomic E-state index is -0.356. The molecule has 35 heavy (non-hydrogen) atoms. The van der Waals surface area contributed by atoms with Gasteiger partial charge in [0.2, 0.25) is 0 Å². The maximum absolute atomic E-state index is 14.0. The average Bonchev–Trinajstić information content (AvgIpc) is 2.90. The molecule has 1 fully saturated rings. The second kappa shape index (κ2) is 7.77. The van der Waals surface area contributed by atoms with Crippen molar-refractivity contribution in [3.05, 3.63) is 95.1 Å². The molecule has 0 bridgehead atoms. The van der Waals surface area contributed by atoms with Crippen LogP contribution in [0.15, 0.2) is 83.0 Å². The van der Waals surface area contributed by atoms with Gasteiger partial charge < -0.3 is 0 Å². The first-order valence-electron chi connectivity index (χ1n) is 12.5. The van der Waals surface area contributed by atoms with Crippen LogP contribution in [0.5, 0.6) is 0 Å². The van der Waals surface area contributed by atoms with Crippen molar-refractivity contribution < 1.29 is 4.79 Å². The largest absolute Gasteiger partial charge is 0.272 e. The van der Waals surface area contributed by atoms with Crippen LogP contribution in [-0.4, -0.2) is 28.4 Å². The lowest BCUT2D eigenvalue weighted by Gasteiger charge is -2.51. The van der Waals surface area contributed by atoms with Crippen molar-refractivity contribution in [2.45, 2.75) is 38.4 Å². The van der Waals surface area contributed by atoms with Gasteiger partial charge in [-0.15, -0.1) is 0 Å². The van der Waals surface area contributed by atoms with Gasteiger partial charge in [0.25, 0.3) is 5.91 Å². The van der Waals surface area contributed by atoms with Gasteiger partial charge in [-0.1, -0.05) is 68.3 Å². The summed E-state index contributed by atoms with van der Waals surface area (Å²) in [5.74, 6) is -0.0984. The fourth-order valence-electron chi connectivity index (χ4n) is 5.98. The first kappa shape index (κ1) is 20.4. The monoisotopic (exact) mass is 458 g/mol. The van der Waals surface area contributed by atoms with Crippen LogP contribution in [0.3, 0.4) is 0 Å². The second-order valence-corrected chi connectivity index (χ2v) is 9.78. The Hall–Kier alpha value is -3.99. The summed E-state index contributed by atoms with van der Waals surface area (Å²) in [5.41, 5.74) is 4.41. The van der Waals surface area contributed by atoms with E-state index < -0.39 is 0 Å². The van der Waals surface area contributed by atoms with Crippen LogP contribution in [-0.2, 0) is 4.79 Å². The van der Waals surface area contributed by atoms with E-state index in [4.69, 9.17) is 5.10 Å². The first-order valence-corrected chi connectivity index (χ1v) is 12.5. The van der Waals surface area contributed by atoms with Crippen LogP contribution >= 0.6 is 0 Å². The molecule has 3 heterocycles. The van der Waals surface area contributed by atoms with Gasteiger partial charge in [-0.3, -0.25) is 9.80 Å². The highest BCUT2D eigenvalue weighted by Crippen LogP contribution is 2.50. The maximum Gasteiger partial charge on any atom is 0.250 e. The molecular weight excluding hydrogens is 432 g/mol. The third-order valence-electron chi connectivity index (χ3n) is 7.71. The third kappa shape index (κ3) is 3.04. The van der Waals surface area contributed by atoms with E-state index in [0.29, 0.717) is 0 Å². The van der Waals surface area contributed by atoms with Gasteiger partial charge in [0.15, 0.2) is 6.17 Å². The molecule has 3 aliphatic rings. The molecule has 5 heteroatoms. The lowest BCUT2D eigenvalue weighted by atomic mass is 9.80. The molecule has 4 aromatic rings. The topological polar surface area (TPSA) is 48.3 Å². The summed E-state index contributed by atoms with van der Waals surface area (Å²) in [6.07, 6.45) is 6.31. The summed E-state index contributed by atoms with van der Waals surface area (Å²) in [6, 6.07) is 25.5. The van der Waals surface area contributed by atoms with Crippen molar-refractivity contribution in [2.24, 2.45) is 16.1 Å². The Bertz CT molecular complexity index is 1560. The van der Waals surface area contributed by atoms with Crippen LogP contribution in [0.4, 0.5) is 0 Å². The Labute approximate surface area is 204 Å². The average molecular weight is 459 g/mol. The van der Waals surface area contributed by atoms with E-state index in [0.717, 1.165) is 41.3 Å². The molecular formula is C30H26N4O. The Morgan fingerprint density at radius 1 is 0.771 bits per heavy atom. The van der Waals surface area contributed by atoms with E-state index in [9.17, 15) is 4.79 Å². The summed E-state index contributed by atoms with van der Waals surface area (Å²) in [7, 11) is 0. The highest BCUT2D eigenvalue weighted by Gasteiger charge is 2.50. The molecule has 172 valence electrons. The van der Waals surface area contributed by atoms with Crippen LogP contribution in [0.1, 0.15) is 60.6 Å². The molecule has 5 nitrogen and oxygen atoms in total. The predicted octanol–water partition coefficient (Wildman–Crippen LogP) is 6.38. The Balaban J connectivity index is 1.43. The van der Waals surface area contributed by atoms with Gasteiger partial charge in [-0.25, -0.2) is 5.01 Å². The van der Waals surface area contributed by atoms with Crippen molar-refractivity contribution in [3.63, 3.8) is 0 Å². The van der Waals surface area contributed by atoms with Crippen molar-refractivity contribution in [3.8, 4) is 0 Å². The molecule has 0 N–H and O–H groups in total. The molecule has 0 spiro atoms. The minimum absolute atomic E-state index is 0.0935. The highest BCUT2D eigenvalue weighted by molar-refractivity contribution is 5.97. The molecule has 0 radical (unpaired) electrons. The van der Waals surface area contributed by atoms with Gasteiger partial charge in [0, 0.05) is 16.7 Å². The van der Waals surface area contributed by atoms with Crippen molar-refractivity contribution in [1.82, 2.24) is 10.0 Å². The van der Waals surface area contributed by atoms with E-state index in [1.807, 2.05) is 12.4 Å². The number of rotatable bonds is 3. The smallest absolute Gasteiger partial charge is 0.250 e. The number of carbonyl (C=O) groups is 1. The Morgan fingerprint density at radius 2 is 1.34 bits per heavy atom. The van der Waals surface area contributed by atoms with Gasteiger partial charge in [0.05, 0.1) is 24.4 Å². The zero-order chi connectivity index (χ0) is 23.5. The number of amides is 1. The molecule has 0 aliphatic carbocycles. The quantitative estimate of drug-likeness (QED) is 0.358. The summed E-state index contributed by atoms with van der Waals surface area (Å²) >= 11 is 0. The van der Waals surface area contributed by atoms with Crippen LogP contribution in [0.2, 0.25) is 0 Å². The lowest BCUT2D eigenvalue weighted by molar-refractivity contribution is -0.161. The van der Waals surface area contributed by atoms with Gasteiger partial charge in [-0.05, 0) is 57.8 Å². The maximum atomic E-state index is 14.0. The van der Waals surface area contributed by atoms with Crippen molar-refractivity contribution in [1.29, 1.82) is 0 Å². The van der Waals surface area contributed by atoms with Gasteiger partial charge >= 0.3 is 0 Å². The SMILES string of the molecule is CCCC[C@@H]1C(=O)N2N=Cc3cc4ccccc4cc3[C@H]2N2N=Cc3cc4ccccc4cc3[C@@H]12. The van der Waals surface area contributed by atoms with Gasteiger partial charge in [0.1, 0.15) is 0 Å². The molecule has 1 saturated heterocycles. The first-order chi connectivity index (χ1) is 17.2. The number of benzene rings is 4. The zero-order valence-corrected chi connectivity index (χ0v) is 19.6. The molecule has 7 rings (SSSR count). The fraction of sp³-hybridized carbons (Fsp3) is 0.233. The summed E-state index contributed by atoms with van der Waals surface area (Å²) in [4.78, 5) is 14.0. The van der Waals surface area contributed by atoms with Crippen LogP contribution in [0, 0.1) is 5.92 Å². The molecule has 3 aliphatic heterocycles. The van der Waals surface area contributed by atoms with E-state index in [1.54, 1.807) is 5.01 Å². The normalized spacial score (nSPS) is 22.2. The number of unbranched alkanes of at least 4 members (excludes halogenated alkanes) is 1. The third-order valence-corrected chi connectivity index (χ3v) is 7.71. The van der Waals surface area contributed by atoms with E-state index >= 15 is 0 Å². The standard InChI is InChI=1S/C30H26N4O/c1-2-3-12-25-28-26-15-21-10-6-4-8-19(21)13-23(26)17-31-33(28)29-27-16-22-11-7-5-9-20(22)14-24(27)18-32-34(29)30(25)35/h4-11,13-18,25,28-29H,2-3,12H2,1H3/t25-,28+,29-/m0/s1. The summed E-state index contributed by atoms with van der Waals surface area (Å²) in [6.45, 7) is 2.18. The van der Waals surface area contributed by atoms with E-state index in [-0.39, 0.29) is 24.0 Å². The van der Waals surface area contributed by atoms with E-state index in [2.05, 4.69) is 89.8 Å². The van der Waals surface area contributed by atoms with Crippen molar-refractivity contribution in [2.75, 3.05) is 0 Å². The number of hydrazone groups is 2. The summed E-state index contributed by atoms with van der Waals surface area (Å²) < 4.78 is 0.